The number of hydrazone groups is 1. The van der Waals surface area contributed by atoms with Gasteiger partial charge in [-0.1, -0.05) is 18.2 Å². The number of fused-ring (bicyclic) bond motifs is 1. The van der Waals surface area contributed by atoms with E-state index in [1.54, 1.807) is 25.2 Å². The van der Waals surface area contributed by atoms with Crippen molar-refractivity contribution < 1.29 is 26.7 Å². The van der Waals surface area contributed by atoms with Gasteiger partial charge in [0.05, 0.1) is 17.0 Å². The first-order valence-corrected chi connectivity index (χ1v) is 9.51. The number of alkyl halides is 3. The lowest BCUT2D eigenvalue weighted by molar-refractivity contribution is -0.137. The summed E-state index contributed by atoms with van der Waals surface area (Å²) in [5, 5.41) is 8.38. The number of nitrogens with one attached hydrogen (secondary N) is 1. The summed E-state index contributed by atoms with van der Waals surface area (Å²) in [5.41, 5.74) is 0.856. The van der Waals surface area contributed by atoms with Gasteiger partial charge in [-0.05, 0) is 54.5 Å². The summed E-state index contributed by atoms with van der Waals surface area (Å²) in [5.74, 6) is -2.14. The van der Waals surface area contributed by atoms with E-state index in [4.69, 9.17) is 0 Å². The summed E-state index contributed by atoms with van der Waals surface area (Å²) in [6.07, 6.45) is 0.735. The summed E-state index contributed by atoms with van der Waals surface area (Å²) in [4.78, 5) is 12.7. The van der Waals surface area contributed by atoms with Gasteiger partial charge in [0.2, 0.25) is 0 Å². The van der Waals surface area contributed by atoms with Crippen molar-refractivity contribution in [3.8, 4) is 0 Å². The molecular weight excluding hydrogens is 429 g/mol. The Morgan fingerprint density at radius 2 is 1.75 bits per heavy atom. The smallest absolute Gasteiger partial charge is 0.360 e. The fraction of sp³-hybridized carbons (Fsp3) is 0.130. The molecule has 0 saturated heterocycles. The monoisotopic (exact) mass is 445 g/mol. The highest BCUT2D eigenvalue weighted by Gasteiger charge is 2.31. The predicted molar refractivity (Wildman–Crippen MR) is 110 cm³/mol. The van der Waals surface area contributed by atoms with Gasteiger partial charge in [-0.25, -0.2) is 13.8 Å². The Hall–Kier alpha value is -3.75. The number of halogens is 5. The van der Waals surface area contributed by atoms with Crippen LogP contribution in [0.25, 0.3) is 11.3 Å². The Kier molecular flexibility index (Phi) is 5.41. The zero-order chi connectivity index (χ0) is 23.0. The second-order valence-corrected chi connectivity index (χ2v) is 7.23. The number of rotatable bonds is 2. The average molecular weight is 445 g/mol. The molecule has 9 heteroatoms. The van der Waals surface area contributed by atoms with Crippen LogP contribution in [0.3, 0.4) is 0 Å². The van der Waals surface area contributed by atoms with Crippen LogP contribution in [-0.2, 0) is 11.0 Å². The standard InChI is InChI=1S/C23H16F5N3O/c1-13-2-3-15(14-4-6-16(7-5-14)23(26,27)28)10-21-29-20(12-22(32)31(21)30-13)18-9-8-17(24)11-19(18)25/h2-12,21,29H,1H3/b3-2-,15-10?,30-13-. The van der Waals surface area contributed by atoms with Crippen LogP contribution in [0.2, 0.25) is 0 Å². The van der Waals surface area contributed by atoms with Crippen LogP contribution >= 0.6 is 0 Å². The molecular formula is C23H16F5N3O. The van der Waals surface area contributed by atoms with Gasteiger partial charge in [0.1, 0.15) is 17.8 Å². The largest absolute Gasteiger partial charge is 0.416 e. The van der Waals surface area contributed by atoms with Crippen LogP contribution in [0.1, 0.15) is 23.6 Å². The first kappa shape index (κ1) is 21.5. The number of hydrogen-bond donors (Lipinski definition) is 1. The minimum Gasteiger partial charge on any atom is -0.360 e. The molecule has 2 aliphatic rings. The molecule has 2 aliphatic heterocycles. The molecule has 4 rings (SSSR count). The summed E-state index contributed by atoms with van der Waals surface area (Å²) >= 11 is 0. The molecule has 0 fully saturated rings. The number of nitrogens with zero attached hydrogens (tertiary/aromatic N) is 2. The van der Waals surface area contributed by atoms with Crippen molar-refractivity contribution in [2.45, 2.75) is 19.3 Å². The van der Waals surface area contributed by atoms with E-state index in [0.29, 0.717) is 22.9 Å². The quantitative estimate of drug-likeness (QED) is 0.653. The van der Waals surface area contributed by atoms with E-state index < -0.39 is 35.4 Å². The van der Waals surface area contributed by atoms with E-state index in [9.17, 15) is 26.7 Å². The highest BCUT2D eigenvalue weighted by atomic mass is 19.4. The summed E-state index contributed by atoms with van der Waals surface area (Å²) < 4.78 is 66.3. The number of benzene rings is 2. The Bertz CT molecular complexity index is 1190. The molecule has 2 aromatic carbocycles. The molecule has 0 spiro atoms. The molecule has 32 heavy (non-hydrogen) atoms. The molecule has 2 heterocycles. The summed E-state index contributed by atoms with van der Waals surface area (Å²) in [6, 6.07) is 7.60. The van der Waals surface area contributed by atoms with Crippen LogP contribution in [0.4, 0.5) is 22.0 Å². The molecule has 1 unspecified atom stereocenters. The van der Waals surface area contributed by atoms with Crippen molar-refractivity contribution in [2.75, 3.05) is 0 Å². The van der Waals surface area contributed by atoms with Gasteiger partial charge in [0.15, 0.2) is 0 Å². The van der Waals surface area contributed by atoms with Gasteiger partial charge in [-0.3, -0.25) is 4.79 Å². The lowest BCUT2D eigenvalue weighted by Crippen LogP contribution is -2.48. The van der Waals surface area contributed by atoms with Crippen LogP contribution in [0.5, 0.6) is 0 Å². The molecule has 4 nitrogen and oxygen atoms in total. The molecule has 2 aromatic rings. The molecule has 0 aliphatic carbocycles. The third kappa shape index (κ3) is 4.32. The van der Waals surface area contributed by atoms with Crippen molar-refractivity contribution >= 4 is 22.9 Å². The number of amides is 1. The summed E-state index contributed by atoms with van der Waals surface area (Å²) in [7, 11) is 0. The van der Waals surface area contributed by atoms with Crippen LogP contribution in [-0.4, -0.2) is 22.8 Å². The van der Waals surface area contributed by atoms with Crippen molar-refractivity contribution in [1.82, 2.24) is 10.3 Å². The maximum Gasteiger partial charge on any atom is 0.416 e. The van der Waals surface area contributed by atoms with E-state index in [1.165, 1.54) is 18.2 Å². The molecule has 0 aromatic heterocycles. The molecule has 164 valence electrons. The van der Waals surface area contributed by atoms with E-state index in [-0.39, 0.29) is 11.3 Å². The number of carbonyl (C=O) groups excluding carboxylic acids is 1. The third-order valence-electron chi connectivity index (χ3n) is 4.93. The number of carbonyl (C=O) groups is 1. The average Bonchev–Trinajstić information content (AvgIpc) is 2.71. The zero-order valence-corrected chi connectivity index (χ0v) is 16.6. The van der Waals surface area contributed by atoms with Gasteiger partial charge in [0.25, 0.3) is 5.91 Å². The number of hydrogen-bond acceptors (Lipinski definition) is 3. The summed E-state index contributed by atoms with van der Waals surface area (Å²) in [6.45, 7) is 1.66. The third-order valence-corrected chi connectivity index (χ3v) is 4.93. The molecule has 1 atom stereocenters. The maximum absolute atomic E-state index is 14.3. The fourth-order valence-electron chi connectivity index (χ4n) is 3.36. The normalized spacial score (nSPS) is 21.3. The number of allylic oxidation sites excluding steroid dienone is 3. The minimum atomic E-state index is -4.46. The molecule has 0 radical (unpaired) electrons. The lowest BCUT2D eigenvalue weighted by Gasteiger charge is -2.33. The molecule has 0 bridgehead atoms. The van der Waals surface area contributed by atoms with Crippen LogP contribution in [0, 0.1) is 11.6 Å². The Morgan fingerprint density at radius 1 is 1.03 bits per heavy atom. The lowest BCUT2D eigenvalue weighted by atomic mass is 10.0. The Balaban J connectivity index is 1.74. The topological polar surface area (TPSA) is 44.7 Å². The zero-order valence-electron chi connectivity index (χ0n) is 16.6. The van der Waals surface area contributed by atoms with E-state index in [0.717, 1.165) is 29.3 Å². The molecule has 0 saturated carbocycles. The van der Waals surface area contributed by atoms with E-state index in [1.807, 2.05) is 0 Å². The predicted octanol–water partition coefficient (Wildman–Crippen LogP) is 5.11. The van der Waals surface area contributed by atoms with Crippen molar-refractivity contribution in [1.29, 1.82) is 0 Å². The Labute approximate surface area is 180 Å². The first-order valence-electron chi connectivity index (χ1n) is 9.51. The van der Waals surface area contributed by atoms with Crippen LogP contribution < -0.4 is 5.32 Å². The van der Waals surface area contributed by atoms with Crippen molar-refractivity contribution in [3.63, 3.8) is 0 Å². The van der Waals surface area contributed by atoms with Gasteiger partial charge in [-0.15, -0.1) is 0 Å². The minimum absolute atomic E-state index is 0.00202. The second-order valence-electron chi connectivity index (χ2n) is 7.23. The van der Waals surface area contributed by atoms with Gasteiger partial charge in [-0.2, -0.15) is 18.3 Å². The highest BCUT2D eigenvalue weighted by Crippen LogP contribution is 2.31. The second kappa shape index (κ2) is 8.07. The van der Waals surface area contributed by atoms with Gasteiger partial charge < -0.3 is 5.32 Å². The van der Waals surface area contributed by atoms with E-state index >= 15 is 0 Å². The first-order chi connectivity index (χ1) is 15.1. The van der Waals surface area contributed by atoms with Crippen LogP contribution in [0.15, 0.2) is 71.9 Å². The SMILES string of the molecule is CC1=N/N2C(=O)C=C(c3ccc(F)cc3F)NC2C=C(c2ccc(C(F)(F)F)cc2)/C=C\1. The Morgan fingerprint density at radius 3 is 2.41 bits per heavy atom. The van der Waals surface area contributed by atoms with Gasteiger partial charge >= 0.3 is 6.18 Å². The highest BCUT2D eigenvalue weighted by molar-refractivity contribution is 6.01. The van der Waals surface area contributed by atoms with Gasteiger partial charge in [0, 0.05) is 17.7 Å². The maximum atomic E-state index is 14.3. The van der Waals surface area contributed by atoms with E-state index in [2.05, 4.69) is 10.4 Å². The fourth-order valence-corrected chi connectivity index (χ4v) is 3.36. The van der Waals surface area contributed by atoms with Crippen molar-refractivity contribution in [2.24, 2.45) is 5.10 Å². The molecule has 1 amide bonds. The molecule has 1 N–H and O–H groups in total. The van der Waals surface area contributed by atoms with Crippen molar-refractivity contribution in [3.05, 3.63) is 95.1 Å².